The van der Waals surface area contributed by atoms with Crippen LogP contribution in [0.2, 0.25) is 24.7 Å². The summed E-state index contributed by atoms with van der Waals surface area (Å²) in [5.74, 6) is 1.25. The fraction of sp³-hybridized carbons (Fsp3) is 0.500. The smallest absolute Gasteiger partial charge is 0.291 e. The van der Waals surface area contributed by atoms with E-state index in [9.17, 15) is 4.79 Å². The van der Waals surface area contributed by atoms with Gasteiger partial charge < -0.3 is 43.8 Å². The van der Waals surface area contributed by atoms with Gasteiger partial charge in [0.15, 0.2) is 22.9 Å². The molecule has 0 aliphatic carbocycles. The first-order valence-electron chi connectivity index (χ1n) is 14.6. The Bertz CT molecular complexity index is 1430. The summed E-state index contributed by atoms with van der Waals surface area (Å²) in [5, 5.41) is 7.56. The van der Waals surface area contributed by atoms with E-state index in [1.165, 1.54) is 20.3 Å². The predicted molar refractivity (Wildman–Crippen MR) is 175 cm³/mol. The Kier molecular flexibility index (Phi) is 11.0. The zero-order valence-electron chi connectivity index (χ0n) is 26.8. The second-order valence-electron chi connectivity index (χ2n) is 11.7. The summed E-state index contributed by atoms with van der Waals surface area (Å²) in [6.45, 7) is 14.4. The number of carbonyl (C=O) groups excluding carboxylic acids is 1. The summed E-state index contributed by atoms with van der Waals surface area (Å²) < 4.78 is 28.6. The lowest BCUT2D eigenvalue weighted by Gasteiger charge is -2.32. The fourth-order valence-corrected chi connectivity index (χ4v) is 7.78. The maximum absolute atomic E-state index is 13.2. The normalized spacial score (nSPS) is 14.3. The number of likely N-dealkylation sites (N-methyl/N-ethyl adjacent to an activating group) is 1. The van der Waals surface area contributed by atoms with E-state index in [2.05, 4.69) is 57.1 Å². The molecule has 0 atom stereocenters. The number of methoxy groups -OCH3 is 3. The van der Waals surface area contributed by atoms with E-state index in [-0.39, 0.29) is 29.2 Å². The highest BCUT2D eigenvalue weighted by atomic mass is 35.5. The van der Waals surface area contributed by atoms with Crippen LogP contribution in [0.5, 0.6) is 29.2 Å². The third kappa shape index (κ3) is 7.94. The Morgan fingerprint density at radius 1 is 1.02 bits per heavy atom. The summed E-state index contributed by atoms with van der Waals surface area (Å²) in [6, 6.07) is 4.93. The van der Waals surface area contributed by atoms with E-state index in [1.54, 1.807) is 13.2 Å². The molecule has 1 saturated heterocycles. The number of hydrogen-bond acceptors (Lipinski definition) is 11. The Morgan fingerprint density at radius 3 is 2.27 bits per heavy atom. The minimum Gasteiger partial charge on any atom is -0.493 e. The van der Waals surface area contributed by atoms with Crippen molar-refractivity contribution in [2.24, 2.45) is 0 Å². The highest BCUT2D eigenvalue weighted by molar-refractivity contribution is 6.90. The standard InChI is InChI=1S/C30H43ClN6O6Si/c1-19-18-20(31)26(44(6,7)8)25(39-3)24(19)43-22-11-10-21(42-22)27(38)33-23-28(40-4)34-30(35-29(23)41-5)32-12-9-13-37-16-14-36(2)15-17-37/h10-11,18H,9,12-17H2,1-8H3,(H,33,38)(H,32,34,35). The second-order valence-corrected chi connectivity index (χ2v) is 17.1. The number of ether oxygens (including phenoxy) is 4. The van der Waals surface area contributed by atoms with Gasteiger partial charge in [0.2, 0.25) is 17.7 Å². The summed E-state index contributed by atoms with van der Waals surface area (Å²) in [6.07, 6.45) is 0.931. The van der Waals surface area contributed by atoms with Crippen molar-refractivity contribution in [3.63, 3.8) is 0 Å². The van der Waals surface area contributed by atoms with Crippen LogP contribution in [-0.4, -0.2) is 101 Å². The molecule has 0 spiro atoms. The van der Waals surface area contributed by atoms with Crippen LogP contribution in [-0.2, 0) is 0 Å². The van der Waals surface area contributed by atoms with Crippen LogP contribution < -0.4 is 34.8 Å². The number of hydrogen-bond donors (Lipinski definition) is 2. The number of furan rings is 1. The van der Waals surface area contributed by atoms with Gasteiger partial charge in [-0.15, -0.1) is 0 Å². The van der Waals surface area contributed by atoms with Gasteiger partial charge in [-0.25, -0.2) is 0 Å². The summed E-state index contributed by atoms with van der Waals surface area (Å²) in [7, 11) is 4.77. The minimum absolute atomic E-state index is 0.00576. The largest absolute Gasteiger partial charge is 0.493 e. The zero-order chi connectivity index (χ0) is 32.0. The van der Waals surface area contributed by atoms with Crippen LogP contribution in [0.3, 0.4) is 0 Å². The summed E-state index contributed by atoms with van der Waals surface area (Å²) in [5.41, 5.74) is 0.952. The molecular formula is C30H43ClN6O6Si. The monoisotopic (exact) mass is 646 g/mol. The number of rotatable bonds is 13. The molecule has 0 saturated carbocycles. The molecule has 1 aliphatic rings. The fourth-order valence-electron chi connectivity index (χ4n) is 5.00. The Labute approximate surface area is 265 Å². The molecule has 2 aromatic heterocycles. The molecule has 1 aliphatic heterocycles. The molecule has 0 radical (unpaired) electrons. The Balaban J connectivity index is 1.45. The highest BCUT2D eigenvalue weighted by Crippen LogP contribution is 2.39. The maximum atomic E-state index is 13.2. The third-order valence-corrected chi connectivity index (χ3v) is 9.79. The van der Waals surface area contributed by atoms with Gasteiger partial charge in [-0.1, -0.05) is 31.2 Å². The van der Waals surface area contributed by atoms with E-state index in [4.69, 9.17) is 35.0 Å². The van der Waals surface area contributed by atoms with E-state index >= 15 is 0 Å². The molecule has 14 heteroatoms. The number of aromatic nitrogens is 2. The van der Waals surface area contributed by atoms with Crippen molar-refractivity contribution < 1.29 is 28.2 Å². The summed E-state index contributed by atoms with van der Waals surface area (Å²) in [4.78, 5) is 26.9. The molecule has 3 aromatic rings. The van der Waals surface area contributed by atoms with E-state index in [0.29, 0.717) is 29.0 Å². The molecular weight excluding hydrogens is 604 g/mol. The lowest BCUT2D eigenvalue weighted by Crippen LogP contribution is -2.44. The topological polar surface area (TPSA) is 123 Å². The zero-order valence-corrected chi connectivity index (χ0v) is 28.6. The van der Waals surface area contributed by atoms with E-state index < -0.39 is 14.0 Å². The van der Waals surface area contributed by atoms with Crippen LogP contribution in [0.4, 0.5) is 11.6 Å². The number of benzene rings is 1. The highest BCUT2D eigenvalue weighted by Gasteiger charge is 2.29. The van der Waals surface area contributed by atoms with Gasteiger partial charge in [-0.2, -0.15) is 9.97 Å². The van der Waals surface area contributed by atoms with Crippen molar-refractivity contribution >= 4 is 42.4 Å². The Morgan fingerprint density at radius 2 is 1.68 bits per heavy atom. The summed E-state index contributed by atoms with van der Waals surface area (Å²) >= 11 is 6.60. The molecule has 1 aromatic carbocycles. The van der Waals surface area contributed by atoms with Crippen LogP contribution in [0, 0.1) is 6.92 Å². The quantitative estimate of drug-likeness (QED) is 0.198. The minimum atomic E-state index is -1.89. The average molecular weight is 647 g/mol. The number of anilines is 2. The van der Waals surface area contributed by atoms with Crippen molar-refractivity contribution in [2.45, 2.75) is 33.0 Å². The van der Waals surface area contributed by atoms with Gasteiger partial charge in [0.1, 0.15) is 0 Å². The number of carbonyl (C=O) groups is 1. The Hall–Kier alpha value is -3.52. The van der Waals surface area contributed by atoms with Crippen molar-refractivity contribution in [1.29, 1.82) is 0 Å². The van der Waals surface area contributed by atoms with Crippen LogP contribution in [0.15, 0.2) is 22.6 Å². The number of amides is 1. The van der Waals surface area contributed by atoms with Crippen LogP contribution >= 0.6 is 11.6 Å². The first kappa shape index (κ1) is 33.4. The van der Waals surface area contributed by atoms with Gasteiger partial charge in [-0.3, -0.25) is 4.79 Å². The van der Waals surface area contributed by atoms with E-state index in [0.717, 1.165) is 49.9 Å². The number of piperazine rings is 1. The number of nitrogens with zero attached hydrogens (tertiary/aromatic N) is 4. The molecule has 1 amide bonds. The lowest BCUT2D eigenvalue weighted by atomic mass is 10.2. The van der Waals surface area contributed by atoms with Crippen molar-refractivity contribution in [3.05, 3.63) is 34.5 Å². The molecule has 4 rings (SSSR count). The van der Waals surface area contributed by atoms with Gasteiger partial charge in [0, 0.05) is 49.0 Å². The average Bonchev–Trinajstić information content (AvgIpc) is 3.46. The van der Waals surface area contributed by atoms with Crippen LogP contribution in [0.25, 0.3) is 0 Å². The number of halogens is 1. The third-order valence-electron chi connectivity index (χ3n) is 7.33. The molecule has 44 heavy (non-hydrogen) atoms. The molecule has 3 heterocycles. The second kappa shape index (κ2) is 14.5. The van der Waals surface area contributed by atoms with Gasteiger partial charge in [0.25, 0.3) is 11.9 Å². The van der Waals surface area contributed by atoms with Gasteiger partial charge in [0.05, 0.1) is 29.4 Å². The van der Waals surface area contributed by atoms with E-state index in [1.807, 2.05) is 13.0 Å². The van der Waals surface area contributed by atoms with Crippen molar-refractivity contribution in [2.75, 3.05) is 78.3 Å². The molecule has 0 bridgehead atoms. The lowest BCUT2D eigenvalue weighted by molar-refractivity contribution is 0.0990. The molecule has 2 N–H and O–H groups in total. The first-order chi connectivity index (χ1) is 20.9. The number of aryl methyl sites for hydroxylation is 1. The van der Waals surface area contributed by atoms with Crippen molar-refractivity contribution in [3.8, 4) is 29.2 Å². The van der Waals surface area contributed by atoms with Crippen molar-refractivity contribution in [1.82, 2.24) is 19.8 Å². The maximum Gasteiger partial charge on any atom is 0.291 e. The number of nitrogens with one attached hydrogen (secondary N) is 2. The first-order valence-corrected chi connectivity index (χ1v) is 18.4. The van der Waals surface area contributed by atoms with Gasteiger partial charge >= 0.3 is 0 Å². The SMILES string of the molecule is COc1nc(NCCCN2CCN(C)CC2)nc(OC)c1NC(=O)c1ccc(Oc2c(C)cc(Cl)c([Si](C)(C)C)c2OC)o1. The molecule has 1 fully saturated rings. The van der Waals surface area contributed by atoms with Crippen LogP contribution in [0.1, 0.15) is 22.5 Å². The predicted octanol–water partition coefficient (Wildman–Crippen LogP) is 4.70. The van der Waals surface area contributed by atoms with Gasteiger partial charge in [-0.05, 0) is 44.6 Å². The molecule has 0 unspecified atom stereocenters. The molecule has 12 nitrogen and oxygen atoms in total. The molecule has 240 valence electrons.